The minimum absolute atomic E-state index is 0.0750. The number of aromatic hydroxyl groups is 1. The smallest absolute Gasteiger partial charge is 0.164 e. The lowest BCUT2D eigenvalue weighted by atomic mass is 9.87. The van der Waals surface area contributed by atoms with Crippen LogP contribution in [0, 0.1) is 0 Å². The fourth-order valence-electron chi connectivity index (χ4n) is 1.08. The summed E-state index contributed by atoms with van der Waals surface area (Å²) in [4.78, 5) is 0. The molecule has 1 atom stereocenters. The molecule has 1 aromatic rings. The van der Waals surface area contributed by atoms with Gasteiger partial charge < -0.3 is 9.63 Å². The molecule has 72 valence electrons. The van der Waals surface area contributed by atoms with Crippen molar-refractivity contribution in [3.63, 3.8) is 0 Å². The first-order valence-electron chi connectivity index (χ1n) is 4.15. The Bertz CT molecular complexity index is 302. The van der Waals surface area contributed by atoms with Crippen LogP contribution < -0.4 is 4.52 Å². The lowest BCUT2D eigenvalue weighted by Crippen LogP contribution is -2.10. The Hall–Kier alpha value is -0.750. The van der Waals surface area contributed by atoms with E-state index in [9.17, 15) is 5.11 Å². The molecule has 0 saturated carbocycles. The van der Waals surface area contributed by atoms with Crippen LogP contribution >= 0.6 is 9.47 Å². The predicted octanol–water partition coefficient (Wildman–Crippen LogP) is 2.86. The molecule has 1 rings (SSSR count). The standard InChI is InChI=1S/C10H15O2P/c1-10(2,3)7-4-5-8(11)9(6-7)12-13/h4-6,11H,13H2,1-3H3. The highest BCUT2D eigenvalue weighted by Gasteiger charge is 2.15. The molecule has 0 amide bonds. The Balaban J connectivity index is 3.14. The van der Waals surface area contributed by atoms with Crippen LogP contribution in [0.2, 0.25) is 0 Å². The van der Waals surface area contributed by atoms with Gasteiger partial charge in [-0.2, -0.15) is 0 Å². The van der Waals surface area contributed by atoms with Crippen LogP contribution in [0.3, 0.4) is 0 Å². The highest BCUT2D eigenvalue weighted by atomic mass is 31.0. The average Bonchev–Trinajstić information content (AvgIpc) is 2.03. The summed E-state index contributed by atoms with van der Waals surface area (Å²) in [6.45, 7) is 6.35. The van der Waals surface area contributed by atoms with Gasteiger partial charge in [0, 0.05) is 0 Å². The zero-order chi connectivity index (χ0) is 10.1. The second-order valence-corrected chi connectivity index (χ2v) is 4.29. The molecule has 0 spiro atoms. The van der Waals surface area contributed by atoms with Gasteiger partial charge in [-0.15, -0.1) is 0 Å². The molecular formula is C10H15O2P. The van der Waals surface area contributed by atoms with Gasteiger partial charge in [-0.1, -0.05) is 26.8 Å². The summed E-state index contributed by atoms with van der Waals surface area (Å²) in [6, 6.07) is 5.41. The van der Waals surface area contributed by atoms with Crippen LogP contribution in [0.4, 0.5) is 0 Å². The molecule has 0 aliphatic rings. The third-order valence-corrected chi connectivity index (χ3v) is 2.21. The normalized spacial score (nSPS) is 11.4. The van der Waals surface area contributed by atoms with Crippen LogP contribution in [0.25, 0.3) is 0 Å². The SMILES string of the molecule is CC(C)(C)c1ccc(O)c(OP)c1. The fourth-order valence-corrected chi connectivity index (χ4v) is 1.26. The Morgan fingerprint density at radius 1 is 1.31 bits per heavy atom. The maximum absolute atomic E-state index is 9.36. The Morgan fingerprint density at radius 2 is 1.92 bits per heavy atom. The van der Waals surface area contributed by atoms with E-state index in [-0.39, 0.29) is 11.2 Å². The highest BCUT2D eigenvalue weighted by Crippen LogP contribution is 2.33. The lowest BCUT2D eigenvalue weighted by Gasteiger charge is -2.19. The maximum Gasteiger partial charge on any atom is 0.164 e. The van der Waals surface area contributed by atoms with E-state index in [1.807, 2.05) is 12.1 Å². The van der Waals surface area contributed by atoms with Crippen molar-refractivity contribution in [3.05, 3.63) is 23.8 Å². The third-order valence-electron chi connectivity index (χ3n) is 1.95. The molecule has 0 aliphatic carbocycles. The topological polar surface area (TPSA) is 29.5 Å². The van der Waals surface area contributed by atoms with Crippen molar-refractivity contribution in [1.82, 2.24) is 0 Å². The van der Waals surface area contributed by atoms with E-state index in [1.165, 1.54) is 0 Å². The van der Waals surface area contributed by atoms with Crippen LogP contribution in [-0.2, 0) is 5.41 Å². The molecule has 1 unspecified atom stereocenters. The number of hydrogen-bond donors (Lipinski definition) is 1. The molecule has 1 aromatic carbocycles. The molecule has 0 saturated heterocycles. The zero-order valence-electron chi connectivity index (χ0n) is 8.16. The van der Waals surface area contributed by atoms with E-state index in [0.717, 1.165) is 5.56 Å². The summed E-state index contributed by atoms with van der Waals surface area (Å²) >= 11 is 0. The minimum atomic E-state index is 0.0750. The fraction of sp³-hybridized carbons (Fsp3) is 0.400. The monoisotopic (exact) mass is 198 g/mol. The van der Waals surface area contributed by atoms with Gasteiger partial charge in [0.25, 0.3) is 0 Å². The summed E-state index contributed by atoms with van der Waals surface area (Å²) in [5.41, 5.74) is 1.22. The zero-order valence-corrected chi connectivity index (χ0v) is 9.32. The van der Waals surface area contributed by atoms with Gasteiger partial charge in [-0.25, -0.2) is 0 Å². The average molecular weight is 198 g/mol. The second kappa shape index (κ2) is 3.55. The maximum atomic E-state index is 9.36. The van der Waals surface area contributed by atoms with Crippen LogP contribution in [0.1, 0.15) is 26.3 Å². The van der Waals surface area contributed by atoms with Crippen molar-refractivity contribution in [2.45, 2.75) is 26.2 Å². The van der Waals surface area contributed by atoms with Crippen LogP contribution in [0.15, 0.2) is 18.2 Å². The van der Waals surface area contributed by atoms with Crippen molar-refractivity contribution in [2.24, 2.45) is 0 Å². The summed E-state index contributed by atoms with van der Waals surface area (Å²) in [5.74, 6) is 0.667. The van der Waals surface area contributed by atoms with Crippen molar-refractivity contribution < 1.29 is 9.63 Å². The molecule has 0 radical (unpaired) electrons. The van der Waals surface area contributed by atoms with Gasteiger partial charge in [0.2, 0.25) is 0 Å². The quantitative estimate of drug-likeness (QED) is 0.703. The number of phenolic OH excluding ortho intramolecular Hbond substituents is 1. The lowest BCUT2D eigenvalue weighted by molar-refractivity contribution is 0.448. The Morgan fingerprint density at radius 3 is 2.38 bits per heavy atom. The molecule has 0 fully saturated rings. The number of benzene rings is 1. The van der Waals surface area contributed by atoms with E-state index in [4.69, 9.17) is 4.52 Å². The first-order chi connectivity index (χ1) is 5.95. The van der Waals surface area contributed by atoms with Gasteiger partial charge >= 0.3 is 0 Å². The van der Waals surface area contributed by atoms with Gasteiger partial charge in [-0.05, 0) is 23.1 Å². The molecule has 0 aliphatic heterocycles. The molecule has 0 heterocycles. The van der Waals surface area contributed by atoms with E-state index in [1.54, 1.807) is 6.07 Å². The van der Waals surface area contributed by atoms with E-state index >= 15 is 0 Å². The Kier molecular flexibility index (Phi) is 2.82. The van der Waals surface area contributed by atoms with Gasteiger partial charge in [-0.3, -0.25) is 0 Å². The second-order valence-electron chi connectivity index (χ2n) is 4.05. The summed E-state index contributed by atoms with van der Waals surface area (Å²) in [5, 5.41) is 9.36. The molecule has 13 heavy (non-hydrogen) atoms. The van der Waals surface area contributed by atoms with Gasteiger partial charge in [0.05, 0.1) is 9.47 Å². The third kappa shape index (κ3) is 2.35. The summed E-state index contributed by atoms with van der Waals surface area (Å²) < 4.78 is 4.95. The van der Waals surface area contributed by atoms with Gasteiger partial charge in [0.15, 0.2) is 11.5 Å². The minimum Gasteiger partial charge on any atom is -0.504 e. The molecule has 2 nitrogen and oxygen atoms in total. The van der Waals surface area contributed by atoms with Crippen LogP contribution in [-0.4, -0.2) is 5.11 Å². The first kappa shape index (κ1) is 10.3. The van der Waals surface area contributed by atoms with Crippen molar-refractivity contribution in [1.29, 1.82) is 0 Å². The van der Waals surface area contributed by atoms with E-state index in [2.05, 4.69) is 30.2 Å². The molecule has 1 N–H and O–H groups in total. The highest BCUT2D eigenvalue weighted by molar-refractivity contribution is 7.10. The molecule has 0 aromatic heterocycles. The van der Waals surface area contributed by atoms with Crippen molar-refractivity contribution >= 4 is 9.47 Å². The summed E-state index contributed by atoms with van der Waals surface area (Å²) in [6.07, 6.45) is 0. The van der Waals surface area contributed by atoms with Crippen LogP contribution in [0.5, 0.6) is 11.5 Å². The largest absolute Gasteiger partial charge is 0.504 e. The molecule has 3 heteroatoms. The van der Waals surface area contributed by atoms with E-state index < -0.39 is 0 Å². The number of phenols is 1. The molecule has 0 bridgehead atoms. The first-order valence-corrected chi connectivity index (χ1v) is 4.62. The number of hydrogen-bond acceptors (Lipinski definition) is 2. The summed E-state index contributed by atoms with van der Waals surface area (Å²) in [7, 11) is 2.13. The number of rotatable bonds is 1. The van der Waals surface area contributed by atoms with Gasteiger partial charge in [0.1, 0.15) is 0 Å². The predicted molar refractivity (Wildman–Crippen MR) is 57.1 cm³/mol. The van der Waals surface area contributed by atoms with Crippen molar-refractivity contribution in [2.75, 3.05) is 0 Å². The van der Waals surface area contributed by atoms with Crippen molar-refractivity contribution in [3.8, 4) is 11.5 Å². The Labute approximate surface area is 81.2 Å². The van der Waals surface area contributed by atoms with E-state index in [0.29, 0.717) is 5.75 Å². The molecular weight excluding hydrogens is 183 g/mol.